The molecule has 0 aromatic carbocycles. The van der Waals surface area contributed by atoms with Gasteiger partial charge in [-0.15, -0.1) is 0 Å². The lowest BCUT2D eigenvalue weighted by atomic mass is 9.43. The minimum Gasteiger partial charge on any atom is -0.390 e. The van der Waals surface area contributed by atoms with Gasteiger partial charge in [-0.1, -0.05) is 39.5 Å². The summed E-state index contributed by atoms with van der Waals surface area (Å²) in [5.74, 6) is 5.81. The molecule has 5 saturated carbocycles. The summed E-state index contributed by atoms with van der Waals surface area (Å²) in [7, 11) is 0. The Bertz CT molecular complexity index is 546. The summed E-state index contributed by atoms with van der Waals surface area (Å²) in [4.78, 5) is 0. The highest BCUT2D eigenvalue weighted by Gasteiger charge is 2.63. The van der Waals surface area contributed by atoms with Crippen molar-refractivity contribution < 1.29 is 5.11 Å². The Morgan fingerprint density at radius 3 is 2.19 bits per heavy atom. The Balaban J connectivity index is 1.36. The molecule has 5 rings (SSSR count). The van der Waals surface area contributed by atoms with Crippen molar-refractivity contribution in [3.05, 3.63) is 0 Å². The molecular weight excluding hydrogens is 316 g/mol. The molecule has 0 aliphatic heterocycles. The minimum absolute atomic E-state index is 0.193. The first-order valence-corrected chi connectivity index (χ1v) is 12.1. The molecule has 8 atom stereocenters. The first-order chi connectivity index (χ1) is 12.4. The van der Waals surface area contributed by atoms with Gasteiger partial charge in [-0.25, -0.2) is 0 Å². The van der Waals surface area contributed by atoms with E-state index in [2.05, 4.69) is 20.8 Å². The van der Waals surface area contributed by atoms with Gasteiger partial charge in [0.05, 0.1) is 5.60 Å². The second kappa shape index (κ2) is 5.98. The molecule has 0 amide bonds. The van der Waals surface area contributed by atoms with E-state index in [4.69, 9.17) is 0 Å². The average molecular weight is 359 g/mol. The van der Waals surface area contributed by atoms with E-state index in [1.54, 1.807) is 6.42 Å². The van der Waals surface area contributed by atoms with E-state index in [-0.39, 0.29) is 5.41 Å². The lowest BCUT2D eigenvalue weighted by Crippen LogP contribution is -2.56. The van der Waals surface area contributed by atoms with E-state index in [1.807, 2.05) is 0 Å². The van der Waals surface area contributed by atoms with Gasteiger partial charge in [0.1, 0.15) is 0 Å². The Kier molecular flexibility index (Phi) is 4.14. The first-order valence-electron chi connectivity index (χ1n) is 12.1. The third-order valence-corrected chi connectivity index (χ3v) is 11.3. The number of fused-ring (bicyclic) bond motifs is 5. The Morgan fingerprint density at radius 1 is 0.692 bits per heavy atom. The quantitative estimate of drug-likeness (QED) is 0.561. The summed E-state index contributed by atoms with van der Waals surface area (Å²) in [6.07, 6.45) is 18.7. The summed E-state index contributed by atoms with van der Waals surface area (Å²) >= 11 is 0. The maximum Gasteiger partial charge on any atom is 0.0675 e. The molecule has 0 saturated heterocycles. The largest absolute Gasteiger partial charge is 0.390 e. The molecule has 1 heteroatoms. The number of hydrogen-bond acceptors (Lipinski definition) is 1. The van der Waals surface area contributed by atoms with E-state index in [0.29, 0.717) is 5.41 Å². The molecule has 5 aliphatic rings. The predicted octanol–water partition coefficient (Wildman–Crippen LogP) is 6.59. The minimum atomic E-state index is -0.416. The van der Waals surface area contributed by atoms with Crippen LogP contribution in [0.25, 0.3) is 0 Å². The summed E-state index contributed by atoms with van der Waals surface area (Å²) in [5, 5.41) is 11.1. The van der Waals surface area contributed by atoms with Crippen LogP contribution >= 0.6 is 0 Å². The van der Waals surface area contributed by atoms with Gasteiger partial charge < -0.3 is 5.11 Å². The number of aliphatic hydroxyl groups is 1. The van der Waals surface area contributed by atoms with Crippen molar-refractivity contribution in [1.82, 2.24) is 0 Å². The fourth-order valence-electron chi connectivity index (χ4n) is 9.39. The molecule has 0 radical (unpaired) electrons. The highest BCUT2D eigenvalue weighted by atomic mass is 16.3. The molecule has 1 nitrogen and oxygen atoms in total. The van der Waals surface area contributed by atoms with Gasteiger partial charge in [0.25, 0.3) is 0 Å². The van der Waals surface area contributed by atoms with Crippen LogP contribution in [0.3, 0.4) is 0 Å². The van der Waals surface area contributed by atoms with Crippen LogP contribution in [-0.2, 0) is 0 Å². The Morgan fingerprint density at radius 2 is 1.42 bits per heavy atom. The van der Waals surface area contributed by atoms with Crippen LogP contribution in [0.15, 0.2) is 0 Å². The summed E-state index contributed by atoms with van der Waals surface area (Å²) < 4.78 is 0. The van der Waals surface area contributed by atoms with E-state index < -0.39 is 5.60 Å². The highest BCUT2D eigenvalue weighted by Crippen LogP contribution is 2.68. The monoisotopic (exact) mass is 358 g/mol. The van der Waals surface area contributed by atoms with Crippen LogP contribution < -0.4 is 0 Å². The molecule has 5 aliphatic carbocycles. The van der Waals surface area contributed by atoms with Gasteiger partial charge in [0.15, 0.2) is 0 Å². The van der Waals surface area contributed by atoms with Crippen molar-refractivity contribution in [3.63, 3.8) is 0 Å². The van der Waals surface area contributed by atoms with Crippen LogP contribution in [0.1, 0.15) is 104 Å². The second-order valence-corrected chi connectivity index (χ2v) is 12.0. The molecule has 0 unspecified atom stereocenters. The fraction of sp³-hybridized carbons (Fsp3) is 1.00. The van der Waals surface area contributed by atoms with Gasteiger partial charge in [0, 0.05) is 0 Å². The lowest BCUT2D eigenvalue weighted by Gasteiger charge is -2.62. The van der Waals surface area contributed by atoms with Gasteiger partial charge in [-0.3, -0.25) is 0 Å². The van der Waals surface area contributed by atoms with E-state index in [0.717, 1.165) is 41.9 Å². The predicted molar refractivity (Wildman–Crippen MR) is 108 cm³/mol. The average Bonchev–Trinajstić information content (AvgIpc) is 3.21. The van der Waals surface area contributed by atoms with Crippen molar-refractivity contribution in [1.29, 1.82) is 0 Å². The summed E-state index contributed by atoms with van der Waals surface area (Å²) in [6.45, 7) is 7.29. The highest BCUT2D eigenvalue weighted by molar-refractivity contribution is 5.12. The van der Waals surface area contributed by atoms with Crippen molar-refractivity contribution in [2.24, 2.45) is 46.3 Å². The molecule has 148 valence electrons. The molecule has 1 N–H and O–H groups in total. The fourth-order valence-corrected chi connectivity index (χ4v) is 9.39. The van der Waals surface area contributed by atoms with Crippen molar-refractivity contribution in [3.8, 4) is 0 Å². The lowest BCUT2D eigenvalue weighted by molar-refractivity contribution is -0.151. The van der Waals surface area contributed by atoms with Crippen molar-refractivity contribution in [2.45, 2.75) is 110 Å². The molecule has 0 aromatic rings. The normalized spacial score (nSPS) is 57.5. The second-order valence-electron chi connectivity index (χ2n) is 12.0. The zero-order chi connectivity index (χ0) is 18.2. The van der Waals surface area contributed by atoms with Crippen LogP contribution in [-0.4, -0.2) is 10.7 Å². The van der Waals surface area contributed by atoms with E-state index >= 15 is 0 Å². The van der Waals surface area contributed by atoms with Gasteiger partial charge >= 0.3 is 0 Å². The molecular formula is C25H42O. The molecule has 0 spiro atoms. The number of hydrogen-bond donors (Lipinski definition) is 1. The molecule has 0 aromatic heterocycles. The third-order valence-electron chi connectivity index (χ3n) is 11.3. The molecule has 0 bridgehead atoms. The van der Waals surface area contributed by atoms with Crippen LogP contribution in [0, 0.1) is 46.3 Å². The maximum absolute atomic E-state index is 11.1. The van der Waals surface area contributed by atoms with Crippen LogP contribution in [0.2, 0.25) is 0 Å². The number of rotatable bonds is 1. The summed E-state index contributed by atoms with van der Waals surface area (Å²) in [5.41, 5.74) is 0.396. The van der Waals surface area contributed by atoms with Gasteiger partial charge in [-0.2, -0.15) is 0 Å². The van der Waals surface area contributed by atoms with E-state index in [9.17, 15) is 5.11 Å². The van der Waals surface area contributed by atoms with Crippen LogP contribution in [0.5, 0.6) is 0 Å². The Hall–Kier alpha value is -0.0400. The first kappa shape index (κ1) is 18.0. The van der Waals surface area contributed by atoms with Crippen molar-refractivity contribution in [2.75, 3.05) is 0 Å². The van der Waals surface area contributed by atoms with Gasteiger partial charge in [-0.05, 0) is 111 Å². The molecule has 26 heavy (non-hydrogen) atoms. The third kappa shape index (κ3) is 2.37. The zero-order valence-electron chi connectivity index (χ0n) is 17.6. The van der Waals surface area contributed by atoms with Gasteiger partial charge in [0.2, 0.25) is 0 Å². The standard InChI is InChI=1S/C25H42O/c1-23-13-10-18(17-6-4-5-7-17)16-19(23)8-9-20-21(23)11-14-24(2)22(20)12-15-25(24,3)26/h17-22,26H,4-16H2,1-3H3/t18-,19-,20-,21+,22+,23+,24+,25-/m1/s1. The SMILES string of the molecule is C[C@]12CC[C@@H](C3CCCC3)C[C@H]1CC[C@@H]1[C@@H]2CC[C@@]2(C)[C@H]1CC[C@@]2(C)O. The van der Waals surface area contributed by atoms with Crippen LogP contribution in [0.4, 0.5) is 0 Å². The van der Waals surface area contributed by atoms with E-state index in [1.165, 1.54) is 70.6 Å². The maximum atomic E-state index is 11.1. The smallest absolute Gasteiger partial charge is 0.0675 e. The molecule has 5 fully saturated rings. The Labute approximate surface area is 161 Å². The molecule has 0 heterocycles. The zero-order valence-corrected chi connectivity index (χ0v) is 17.6. The summed E-state index contributed by atoms with van der Waals surface area (Å²) in [6, 6.07) is 0. The topological polar surface area (TPSA) is 20.2 Å². The van der Waals surface area contributed by atoms with Crippen molar-refractivity contribution >= 4 is 0 Å².